The first-order chi connectivity index (χ1) is 17.6. The number of carbonyl (C=O) groups is 1. The van der Waals surface area contributed by atoms with Gasteiger partial charge in [-0.05, 0) is 49.7 Å². The van der Waals surface area contributed by atoms with Crippen LogP contribution in [0.5, 0.6) is 0 Å². The Morgan fingerprint density at radius 2 is 1.42 bits per heavy atom. The van der Waals surface area contributed by atoms with Gasteiger partial charge >= 0.3 is 5.97 Å². The molecule has 0 bridgehead atoms. The second-order valence-electron chi connectivity index (χ2n) is 9.88. The number of aromatic nitrogens is 2. The van der Waals surface area contributed by atoms with Crippen molar-refractivity contribution in [1.82, 2.24) is 9.97 Å². The van der Waals surface area contributed by atoms with E-state index in [-0.39, 0.29) is 6.42 Å². The van der Waals surface area contributed by atoms with E-state index in [0.717, 1.165) is 105 Å². The molecule has 0 fully saturated rings. The first-order valence-corrected chi connectivity index (χ1v) is 13.6. The summed E-state index contributed by atoms with van der Waals surface area (Å²) in [7, 11) is 0. The van der Waals surface area contributed by atoms with Gasteiger partial charge in [0.1, 0.15) is 0 Å². The molecule has 1 N–H and O–H groups in total. The summed E-state index contributed by atoms with van der Waals surface area (Å²) >= 11 is 0. The fourth-order valence-corrected chi connectivity index (χ4v) is 5.04. The molecule has 0 spiro atoms. The van der Waals surface area contributed by atoms with Gasteiger partial charge in [-0.3, -0.25) is 4.79 Å². The number of carboxylic acids is 1. The van der Waals surface area contributed by atoms with Gasteiger partial charge in [0.15, 0.2) is 5.82 Å². The van der Waals surface area contributed by atoms with E-state index < -0.39 is 5.97 Å². The van der Waals surface area contributed by atoms with E-state index >= 15 is 0 Å². The van der Waals surface area contributed by atoms with Crippen LogP contribution in [-0.2, 0) is 24.1 Å². The summed E-state index contributed by atoms with van der Waals surface area (Å²) in [6, 6.07) is 17.6. The summed E-state index contributed by atoms with van der Waals surface area (Å²) in [5.41, 5.74) is 7.90. The molecule has 1 aliphatic heterocycles. The lowest BCUT2D eigenvalue weighted by Crippen LogP contribution is -2.32. The van der Waals surface area contributed by atoms with Gasteiger partial charge < -0.3 is 10.0 Å². The minimum absolute atomic E-state index is 0.245. The topological polar surface area (TPSA) is 66.3 Å². The fourth-order valence-electron chi connectivity index (χ4n) is 5.04. The molecule has 0 radical (unpaired) electrons. The molecule has 0 atom stereocenters. The third-order valence-corrected chi connectivity index (χ3v) is 6.94. The molecule has 1 aliphatic rings. The van der Waals surface area contributed by atoms with Gasteiger partial charge in [-0.25, -0.2) is 9.97 Å². The zero-order valence-corrected chi connectivity index (χ0v) is 21.8. The number of aliphatic carboxylic acids is 1. The predicted octanol–water partition coefficient (Wildman–Crippen LogP) is 7.11. The molecule has 3 aromatic rings. The summed E-state index contributed by atoms with van der Waals surface area (Å²) in [6.07, 6.45) is 9.30. The van der Waals surface area contributed by atoms with Crippen LogP contribution in [0.2, 0.25) is 0 Å². The number of fused-ring (bicyclic) bond motifs is 1. The quantitative estimate of drug-likeness (QED) is 0.277. The number of benzene rings is 2. The maximum Gasteiger partial charge on any atom is 0.303 e. The number of hydrogen-bond donors (Lipinski definition) is 1. The van der Waals surface area contributed by atoms with Gasteiger partial charge in [-0.2, -0.15) is 0 Å². The van der Waals surface area contributed by atoms with Gasteiger partial charge in [0, 0.05) is 30.6 Å². The number of aryl methyl sites for hydroxylation is 3. The standard InChI is InChI=1S/C31H39N3O2/c1-3-9-23-13-17-25(18-14-23)29-30(26-19-15-24(10-4-2)16-20-26)33-31-27(32-29)11-8-22-34(31)21-7-5-6-12-28(35)36/h13-20H,3-12,21-22H2,1-2H3,(H,35,36). The van der Waals surface area contributed by atoms with Crippen molar-refractivity contribution in [3.8, 4) is 22.5 Å². The van der Waals surface area contributed by atoms with Crippen LogP contribution in [0.4, 0.5) is 5.82 Å². The highest BCUT2D eigenvalue weighted by Gasteiger charge is 2.23. The minimum atomic E-state index is -0.714. The molecule has 0 aliphatic carbocycles. The average Bonchev–Trinajstić information content (AvgIpc) is 2.89. The number of rotatable bonds is 12. The van der Waals surface area contributed by atoms with Crippen LogP contribution in [-0.4, -0.2) is 34.1 Å². The molecule has 36 heavy (non-hydrogen) atoms. The highest BCUT2D eigenvalue weighted by molar-refractivity contribution is 5.80. The van der Waals surface area contributed by atoms with Gasteiger partial charge in [-0.15, -0.1) is 0 Å². The summed E-state index contributed by atoms with van der Waals surface area (Å²) in [6.45, 7) is 6.28. The van der Waals surface area contributed by atoms with Gasteiger partial charge in [0.2, 0.25) is 0 Å². The van der Waals surface area contributed by atoms with Gasteiger partial charge in [0.05, 0.1) is 17.1 Å². The van der Waals surface area contributed by atoms with Crippen molar-refractivity contribution in [3.63, 3.8) is 0 Å². The van der Waals surface area contributed by atoms with Gasteiger partial charge in [0.25, 0.3) is 0 Å². The first-order valence-electron chi connectivity index (χ1n) is 13.6. The van der Waals surface area contributed by atoms with Crippen molar-refractivity contribution in [2.24, 2.45) is 0 Å². The normalized spacial score (nSPS) is 13.0. The molecule has 4 rings (SSSR count). The van der Waals surface area contributed by atoms with Crippen LogP contribution in [0.3, 0.4) is 0 Å². The number of nitrogens with zero attached hydrogens (tertiary/aromatic N) is 3. The van der Waals surface area contributed by atoms with Crippen LogP contribution in [0.15, 0.2) is 48.5 Å². The summed E-state index contributed by atoms with van der Waals surface area (Å²) in [4.78, 5) is 23.7. The first kappa shape index (κ1) is 25.9. The molecule has 0 saturated carbocycles. The van der Waals surface area contributed by atoms with E-state index in [1.54, 1.807) is 0 Å². The van der Waals surface area contributed by atoms with Crippen LogP contribution < -0.4 is 4.90 Å². The van der Waals surface area contributed by atoms with Crippen LogP contribution in [0.25, 0.3) is 22.5 Å². The van der Waals surface area contributed by atoms with Crippen LogP contribution in [0.1, 0.15) is 75.6 Å². The van der Waals surface area contributed by atoms with E-state index in [1.807, 2.05) is 0 Å². The van der Waals surface area contributed by atoms with Crippen molar-refractivity contribution in [3.05, 3.63) is 65.4 Å². The van der Waals surface area contributed by atoms with E-state index in [4.69, 9.17) is 15.1 Å². The minimum Gasteiger partial charge on any atom is -0.481 e. The molecular formula is C31H39N3O2. The third-order valence-electron chi connectivity index (χ3n) is 6.94. The molecule has 0 unspecified atom stereocenters. The highest BCUT2D eigenvalue weighted by atomic mass is 16.4. The molecule has 190 valence electrons. The SMILES string of the molecule is CCCc1ccc(-c2nc3c(nc2-c2ccc(CCC)cc2)N(CCCCCC(=O)O)CCC3)cc1. The molecule has 2 aromatic carbocycles. The van der Waals surface area contributed by atoms with Crippen molar-refractivity contribution < 1.29 is 9.90 Å². The molecular weight excluding hydrogens is 446 g/mol. The van der Waals surface area contributed by atoms with Gasteiger partial charge in [-0.1, -0.05) is 81.6 Å². The lowest BCUT2D eigenvalue weighted by molar-refractivity contribution is -0.137. The lowest BCUT2D eigenvalue weighted by Gasteiger charge is -2.30. The zero-order valence-electron chi connectivity index (χ0n) is 21.8. The smallest absolute Gasteiger partial charge is 0.303 e. The summed E-state index contributed by atoms with van der Waals surface area (Å²) < 4.78 is 0. The highest BCUT2D eigenvalue weighted by Crippen LogP contribution is 2.35. The largest absolute Gasteiger partial charge is 0.481 e. The number of carboxylic acid groups (broad SMARTS) is 1. The molecule has 1 aromatic heterocycles. The maximum absolute atomic E-state index is 10.8. The Kier molecular flexibility index (Phi) is 9.10. The lowest BCUT2D eigenvalue weighted by atomic mass is 9.99. The molecule has 5 heteroatoms. The molecule has 0 amide bonds. The molecule has 5 nitrogen and oxygen atoms in total. The Morgan fingerprint density at radius 1 is 0.833 bits per heavy atom. The number of anilines is 1. The second kappa shape index (κ2) is 12.7. The predicted molar refractivity (Wildman–Crippen MR) is 148 cm³/mol. The van der Waals surface area contributed by atoms with E-state index in [0.29, 0.717) is 0 Å². The van der Waals surface area contributed by atoms with E-state index in [1.165, 1.54) is 11.1 Å². The van der Waals surface area contributed by atoms with Crippen LogP contribution in [0, 0.1) is 0 Å². The molecule has 2 heterocycles. The summed E-state index contributed by atoms with van der Waals surface area (Å²) in [5.74, 6) is 0.285. The summed E-state index contributed by atoms with van der Waals surface area (Å²) in [5, 5.41) is 8.91. The maximum atomic E-state index is 10.8. The average molecular weight is 486 g/mol. The van der Waals surface area contributed by atoms with Crippen molar-refractivity contribution in [2.75, 3.05) is 18.0 Å². The Morgan fingerprint density at radius 3 is 1.97 bits per heavy atom. The Hall–Kier alpha value is -3.21. The van der Waals surface area contributed by atoms with Crippen molar-refractivity contribution in [2.45, 2.75) is 78.1 Å². The number of hydrogen-bond acceptors (Lipinski definition) is 4. The van der Waals surface area contributed by atoms with Crippen molar-refractivity contribution in [1.29, 1.82) is 0 Å². The number of unbranched alkanes of at least 4 members (excludes halogenated alkanes) is 2. The fraction of sp³-hybridized carbons (Fsp3) is 0.452. The Labute approximate surface area is 215 Å². The second-order valence-corrected chi connectivity index (χ2v) is 9.88. The molecule has 0 saturated heterocycles. The zero-order chi connectivity index (χ0) is 25.3. The third kappa shape index (κ3) is 6.51. The van der Waals surface area contributed by atoms with E-state index in [9.17, 15) is 4.79 Å². The van der Waals surface area contributed by atoms with E-state index in [2.05, 4.69) is 67.3 Å². The monoisotopic (exact) mass is 485 g/mol. The van der Waals surface area contributed by atoms with Crippen molar-refractivity contribution >= 4 is 11.8 Å². The Bertz CT molecular complexity index is 1140. The van der Waals surface area contributed by atoms with Crippen LogP contribution >= 0.6 is 0 Å². The Balaban J connectivity index is 1.67.